The molecule has 1 unspecified atom stereocenters. The molecule has 2 aliphatic rings. The predicted octanol–water partition coefficient (Wildman–Crippen LogP) is 3.69. The summed E-state index contributed by atoms with van der Waals surface area (Å²) in [6.45, 7) is 2.04. The maximum Gasteiger partial charge on any atom is 0.585 e. The molecule has 0 aromatic carbocycles. The van der Waals surface area contributed by atoms with E-state index >= 15 is 0 Å². The number of hydrogen-bond acceptors (Lipinski definition) is 2. The number of alkyl halides is 3. The summed E-state index contributed by atoms with van der Waals surface area (Å²) in [5.41, 5.74) is 0. The van der Waals surface area contributed by atoms with Gasteiger partial charge in [-0.25, -0.2) is 0 Å². The third-order valence-corrected chi connectivity index (χ3v) is 3.34. The van der Waals surface area contributed by atoms with E-state index in [1.54, 1.807) is 6.08 Å². The number of halogens is 3. The molecule has 1 aliphatic carbocycles. The predicted molar refractivity (Wildman–Crippen MR) is 54.5 cm³/mol. The van der Waals surface area contributed by atoms with Gasteiger partial charge in [-0.05, 0) is 12.5 Å². The molecule has 0 fully saturated rings. The maximum absolute atomic E-state index is 12.7. The summed E-state index contributed by atoms with van der Waals surface area (Å²) < 4.78 is 34.0. The van der Waals surface area contributed by atoms with Crippen LogP contribution in [0.5, 0.6) is 0 Å². The first kappa shape index (κ1) is 10.9. The lowest BCUT2D eigenvalue weighted by atomic mass is 9.94. The zero-order chi connectivity index (χ0) is 11.1. The quantitative estimate of drug-likeness (QED) is 0.719. The van der Waals surface area contributed by atoms with E-state index in [1.165, 1.54) is 0 Å². The second kappa shape index (κ2) is 3.47. The van der Waals surface area contributed by atoms with Gasteiger partial charge in [-0.2, -0.15) is 0 Å². The van der Waals surface area contributed by atoms with Gasteiger partial charge >= 0.3 is 6.29 Å². The van der Waals surface area contributed by atoms with Crippen molar-refractivity contribution < 1.29 is 18.3 Å². The molecule has 2 nitrogen and oxygen atoms in total. The van der Waals surface area contributed by atoms with Crippen LogP contribution in [0.25, 0.3) is 0 Å². The standard InChI is InChI=1S/C10H11BrF2O2/c1-2-4-9(11)5-3-7-8(6-9)15-10(12,13)14-7/h3,5H,2,4,6H2,1H3. The number of hydrogen-bond donors (Lipinski definition) is 0. The van der Waals surface area contributed by atoms with Crippen LogP contribution in [0.3, 0.4) is 0 Å². The van der Waals surface area contributed by atoms with Crippen molar-refractivity contribution in [3.63, 3.8) is 0 Å². The minimum absolute atomic E-state index is 0.145. The largest absolute Gasteiger partial charge is 0.585 e. The first-order valence-electron chi connectivity index (χ1n) is 4.81. The normalized spacial score (nSPS) is 32.3. The average Bonchev–Trinajstić information content (AvgIpc) is 2.38. The van der Waals surface area contributed by atoms with Crippen molar-refractivity contribution in [2.24, 2.45) is 0 Å². The van der Waals surface area contributed by atoms with E-state index in [9.17, 15) is 8.78 Å². The van der Waals surface area contributed by atoms with Crippen molar-refractivity contribution >= 4 is 15.9 Å². The fourth-order valence-electron chi connectivity index (χ4n) is 1.79. The highest BCUT2D eigenvalue weighted by atomic mass is 79.9. The van der Waals surface area contributed by atoms with Crippen LogP contribution in [-0.2, 0) is 9.47 Å². The van der Waals surface area contributed by atoms with Crippen molar-refractivity contribution in [3.8, 4) is 0 Å². The third-order valence-electron chi connectivity index (χ3n) is 2.40. The summed E-state index contributed by atoms with van der Waals surface area (Å²) in [5.74, 6) is 0.374. The Morgan fingerprint density at radius 1 is 1.47 bits per heavy atom. The molecule has 0 saturated carbocycles. The molecule has 5 heteroatoms. The number of allylic oxidation sites excluding steroid dienone is 3. The fraction of sp³-hybridized carbons (Fsp3) is 0.600. The smallest absolute Gasteiger partial charge is 0.400 e. The van der Waals surface area contributed by atoms with Gasteiger partial charge in [-0.15, -0.1) is 8.78 Å². The van der Waals surface area contributed by atoms with Crippen molar-refractivity contribution in [1.29, 1.82) is 0 Å². The van der Waals surface area contributed by atoms with E-state index in [1.807, 2.05) is 13.0 Å². The SMILES string of the molecule is CCCC1(Br)C=CC2=C(C1)OC(F)(F)O2. The summed E-state index contributed by atoms with van der Waals surface area (Å²) in [6.07, 6.45) is 2.14. The van der Waals surface area contributed by atoms with Crippen LogP contribution < -0.4 is 0 Å². The van der Waals surface area contributed by atoms with Crippen LogP contribution in [0.1, 0.15) is 26.2 Å². The molecule has 0 saturated heterocycles. The van der Waals surface area contributed by atoms with Crippen LogP contribution in [0, 0.1) is 0 Å². The molecule has 1 aliphatic heterocycles. The summed E-state index contributed by atoms with van der Waals surface area (Å²) >= 11 is 3.53. The van der Waals surface area contributed by atoms with Crippen molar-refractivity contribution in [2.45, 2.75) is 36.8 Å². The van der Waals surface area contributed by atoms with E-state index in [4.69, 9.17) is 0 Å². The van der Waals surface area contributed by atoms with Crippen molar-refractivity contribution in [1.82, 2.24) is 0 Å². The van der Waals surface area contributed by atoms with Crippen LogP contribution in [0.2, 0.25) is 0 Å². The number of ether oxygens (including phenoxy) is 2. The molecule has 0 spiro atoms. The molecule has 0 N–H and O–H groups in total. The van der Waals surface area contributed by atoms with E-state index in [0.717, 1.165) is 12.8 Å². The molecule has 0 radical (unpaired) electrons. The van der Waals surface area contributed by atoms with Crippen LogP contribution in [0.4, 0.5) is 8.78 Å². The Labute approximate surface area is 95.1 Å². The molecule has 0 amide bonds. The Morgan fingerprint density at radius 3 is 2.87 bits per heavy atom. The first-order valence-corrected chi connectivity index (χ1v) is 5.60. The lowest BCUT2D eigenvalue weighted by Gasteiger charge is -2.25. The highest BCUT2D eigenvalue weighted by Crippen LogP contribution is 2.45. The average molecular weight is 281 g/mol. The Hall–Kier alpha value is -0.580. The Bertz CT molecular complexity index is 338. The highest BCUT2D eigenvalue weighted by molar-refractivity contribution is 9.10. The second-order valence-corrected chi connectivity index (χ2v) is 5.33. The molecular weight excluding hydrogens is 270 g/mol. The number of rotatable bonds is 2. The van der Waals surface area contributed by atoms with Crippen LogP contribution in [-0.4, -0.2) is 10.6 Å². The maximum atomic E-state index is 12.7. The molecule has 0 bridgehead atoms. The Morgan fingerprint density at radius 2 is 2.20 bits per heavy atom. The molecular formula is C10H11BrF2O2. The third kappa shape index (κ3) is 2.17. The van der Waals surface area contributed by atoms with Gasteiger partial charge < -0.3 is 9.47 Å². The minimum Gasteiger partial charge on any atom is -0.400 e. The van der Waals surface area contributed by atoms with Crippen LogP contribution >= 0.6 is 15.9 Å². The van der Waals surface area contributed by atoms with Gasteiger partial charge in [-0.1, -0.05) is 35.4 Å². The zero-order valence-electron chi connectivity index (χ0n) is 8.23. The van der Waals surface area contributed by atoms with Gasteiger partial charge in [0.15, 0.2) is 11.5 Å². The Balaban J connectivity index is 2.13. The first-order chi connectivity index (χ1) is 6.94. The molecule has 0 aromatic heterocycles. The lowest BCUT2D eigenvalue weighted by molar-refractivity contribution is -0.336. The lowest BCUT2D eigenvalue weighted by Crippen LogP contribution is -2.21. The van der Waals surface area contributed by atoms with Gasteiger partial charge in [0, 0.05) is 6.42 Å². The van der Waals surface area contributed by atoms with Gasteiger partial charge in [-0.3, -0.25) is 0 Å². The van der Waals surface area contributed by atoms with Gasteiger partial charge in [0.2, 0.25) is 0 Å². The molecule has 1 heterocycles. The minimum atomic E-state index is -3.50. The van der Waals surface area contributed by atoms with E-state index < -0.39 is 6.29 Å². The summed E-state index contributed by atoms with van der Waals surface area (Å²) in [4.78, 5) is 0. The molecule has 84 valence electrons. The topological polar surface area (TPSA) is 18.5 Å². The molecule has 15 heavy (non-hydrogen) atoms. The van der Waals surface area contributed by atoms with Gasteiger partial charge in [0.1, 0.15) is 0 Å². The van der Waals surface area contributed by atoms with E-state index in [-0.39, 0.29) is 15.8 Å². The van der Waals surface area contributed by atoms with Gasteiger partial charge in [0.05, 0.1) is 4.32 Å². The van der Waals surface area contributed by atoms with E-state index in [2.05, 4.69) is 25.4 Å². The molecule has 0 aromatic rings. The summed E-state index contributed by atoms with van der Waals surface area (Å²) in [5, 5.41) is 0. The van der Waals surface area contributed by atoms with Crippen LogP contribution in [0.15, 0.2) is 23.7 Å². The zero-order valence-corrected chi connectivity index (χ0v) is 9.81. The fourth-order valence-corrected chi connectivity index (χ4v) is 2.57. The van der Waals surface area contributed by atoms with Crippen molar-refractivity contribution in [3.05, 3.63) is 23.7 Å². The van der Waals surface area contributed by atoms with Crippen molar-refractivity contribution in [2.75, 3.05) is 0 Å². The van der Waals surface area contributed by atoms with E-state index in [0.29, 0.717) is 6.42 Å². The summed E-state index contributed by atoms with van der Waals surface area (Å²) in [6, 6.07) is 0. The molecule has 1 atom stereocenters. The highest BCUT2D eigenvalue weighted by Gasteiger charge is 2.47. The summed E-state index contributed by atoms with van der Waals surface area (Å²) in [7, 11) is 0. The Kier molecular flexibility index (Phi) is 2.53. The second-order valence-electron chi connectivity index (χ2n) is 3.75. The van der Waals surface area contributed by atoms with Gasteiger partial charge in [0.25, 0.3) is 0 Å². The monoisotopic (exact) mass is 280 g/mol. The molecule has 2 rings (SSSR count).